The van der Waals surface area contributed by atoms with Crippen molar-refractivity contribution in [3.63, 3.8) is 0 Å². The van der Waals surface area contributed by atoms with Crippen molar-refractivity contribution in [1.82, 2.24) is 24.9 Å². The first kappa shape index (κ1) is 25.3. The summed E-state index contributed by atoms with van der Waals surface area (Å²) in [5.41, 5.74) is 0.774. The van der Waals surface area contributed by atoms with Gasteiger partial charge >= 0.3 is 8.60 Å². The summed E-state index contributed by atoms with van der Waals surface area (Å²) in [6.45, 7) is 0.906. The molecule has 0 bridgehead atoms. The highest BCUT2D eigenvalue weighted by Gasteiger charge is 2.36. The Hall–Kier alpha value is -3.35. The van der Waals surface area contributed by atoms with Crippen LogP contribution in [0.25, 0.3) is 22.9 Å². The monoisotopic (exact) mass is 532 g/mol. The second kappa shape index (κ2) is 11.0. The fraction of sp³-hybridized carbons (Fsp3) is 0.304. The molecule has 11 nitrogen and oxygen atoms in total. The van der Waals surface area contributed by atoms with E-state index in [1.54, 1.807) is 35.0 Å². The molecule has 0 saturated carbocycles. The highest BCUT2D eigenvalue weighted by Crippen LogP contribution is 2.38. The minimum absolute atomic E-state index is 0.0651. The van der Waals surface area contributed by atoms with Crippen molar-refractivity contribution in [2.24, 2.45) is 0 Å². The maximum atomic E-state index is 14.6. The van der Waals surface area contributed by atoms with Gasteiger partial charge in [-0.2, -0.15) is 5.10 Å². The number of hydrogen-bond donors (Lipinski definition) is 3. The van der Waals surface area contributed by atoms with Gasteiger partial charge in [-0.05, 0) is 12.1 Å². The summed E-state index contributed by atoms with van der Waals surface area (Å²) in [6.07, 6.45) is 3.20. The first-order valence-corrected chi connectivity index (χ1v) is 12.5. The molecule has 194 valence electrons. The summed E-state index contributed by atoms with van der Waals surface area (Å²) < 4.78 is 46.2. The van der Waals surface area contributed by atoms with Crippen molar-refractivity contribution < 1.29 is 32.4 Å². The highest BCUT2D eigenvalue weighted by atomic mass is 31.2. The molecule has 1 saturated heterocycles. The van der Waals surface area contributed by atoms with Gasteiger partial charge in [-0.1, -0.05) is 23.4 Å². The summed E-state index contributed by atoms with van der Waals surface area (Å²) in [6, 6.07) is 9.64. The fourth-order valence-electron chi connectivity index (χ4n) is 4.06. The van der Waals surface area contributed by atoms with Crippen molar-refractivity contribution in [2.75, 3.05) is 25.1 Å². The molecule has 5 rings (SSSR count). The van der Waals surface area contributed by atoms with Crippen LogP contribution < -0.4 is 5.32 Å². The number of nitrogens with zero attached hydrogens (tertiary/aromatic N) is 5. The van der Waals surface area contributed by atoms with Gasteiger partial charge in [0.15, 0.2) is 17.5 Å². The van der Waals surface area contributed by atoms with Crippen LogP contribution in [-0.2, 0) is 15.8 Å². The van der Waals surface area contributed by atoms with Gasteiger partial charge < -0.3 is 28.9 Å². The van der Waals surface area contributed by atoms with Crippen LogP contribution in [0.2, 0.25) is 0 Å². The number of benzene rings is 1. The first-order valence-electron chi connectivity index (χ1n) is 11.4. The van der Waals surface area contributed by atoms with Crippen molar-refractivity contribution in [3.05, 3.63) is 66.1 Å². The van der Waals surface area contributed by atoms with Gasteiger partial charge in [-0.25, -0.2) is 18.7 Å². The maximum absolute atomic E-state index is 14.6. The van der Waals surface area contributed by atoms with Crippen LogP contribution in [0, 0.1) is 11.6 Å². The molecule has 4 aromatic rings. The second-order valence-corrected chi connectivity index (χ2v) is 9.12. The van der Waals surface area contributed by atoms with Crippen molar-refractivity contribution in [3.8, 4) is 22.9 Å². The van der Waals surface area contributed by atoms with E-state index in [0.717, 1.165) is 6.20 Å². The molecule has 3 aromatic heterocycles. The molecule has 37 heavy (non-hydrogen) atoms. The van der Waals surface area contributed by atoms with Crippen LogP contribution >= 0.6 is 8.60 Å². The van der Waals surface area contributed by atoms with Gasteiger partial charge in [0.2, 0.25) is 0 Å². The smallest absolute Gasteiger partial charge is 0.327 e. The molecule has 0 amide bonds. The molecule has 14 heteroatoms. The summed E-state index contributed by atoms with van der Waals surface area (Å²) in [7, 11) is -2.62. The molecule has 3 N–H and O–H groups in total. The van der Waals surface area contributed by atoms with E-state index in [4.69, 9.17) is 13.8 Å². The Labute approximate surface area is 211 Å². The van der Waals surface area contributed by atoms with E-state index in [-0.39, 0.29) is 30.5 Å². The maximum Gasteiger partial charge on any atom is 0.327 e. The Balaban J connectivity index is 1.44. The Kier molecular flexibility index (Phi) is 7.49. The zero-order chi connectivity index (χ0) is 25.8. The first-order chi connectivity index (χ1) is 17.9. The number of aromatic nitrogens is 5. The number of rotatable bonds is 9. The molecule has 0 radical (unpaired) electrons. The van der Waals surface area contributed by atoms with E-state index in [2.05, 4.69) is 25.5 Å². The predicted octanol–water partition coefficient (Wildman–Crippen LogP) is 3.51. The predicted molar refractivity (Wildman–Crippen MR) is 128 cm³/mol. The van der Waals surface area contributed by atoms with Crippen LogP contribution in [0.4, 0.5) is 14.6 Å². The minimum atomic E-state index is -2.62. The third-order valence-electron chi connectivity index (χ3n) is 5.99. The van der Waals surface area contributed by atoms with Crippen molar-refractivity contribution in [1.29, 1.82) is 0 Å². The lowest BCUT2D eigenvalue weighted by Gasteiger charge is -2.37. The zero-order valence-corrected chi connectivity index (χ0v) is 20.3. The highest BCUT2D eigenvalue weighted by molar-refractivity contribution is 7.39. The Bertz CT molecular complexity index is 1350. The molecular weight excluding hydrogens is 509 g/mol. The third-order valence-corrected chi connectivity index (χ3v) is 6.54. The lowest BCUT2D eigenvalue weighted by atomic mass is 9.94. The number of hydrogen-bond acceptors (Lipinski definition) is 10. The van der Waals surface area contributed by atoms with Gasteiger partial charge in [-0.3, -0.25) is 4.68 Å². The zero-order valence-electron chi connectivity index (χ0n) is 19.4. The third kappa shape index (κ3) is 5.81. The molecule has 1 aromatic carbocycles. The lowest BCUT2D eigenvalue weighted by molar-refractivity contribution is -0.0427. The standard InChI is InChI=1S/C23H23F2N6O5P/c24-16-4-2-1-3-15(16)13-31-20(18-5-8-35-30-18)11-19(29-31)22-26-12-17(25)21(28-22)27-14-23(36-37(32)33)6-9-34-10-7-23/h1-5,8,11-12,32-33H,6-7,9-10,13-14H2,(H,26,27,28). The molecule has 0 spiro atoms. The second-order valence-electron chi connectivity index (χ2n) is 8.43. The average Bonchev–Trinajstić information content (AvgIpc) is 3.55. The van der Waals surface area contributed by atoms with E-state index in [0.29, 0.717) is 48.7 Å². The van der Waals surface area contributed by atoms with Crippen LogP contribution in [0.3, 0.4) is 0 Å². The minimum Gasteiger partial charge on any atom is -0.381 e. The molecule has 1 aliphatic rings. The molecule has 4 heterocycles. The van der Waals surface area contributed by atoms with Gasteiger partial charge in [-0.15, -0.1) is 0 Å². The number of halogens is 2. The topological polar surface area (TPSA) is 141 Å². The van der Waals surface area contributed by atoms with E-state index >= 15 is 0 Å². The normalized spacial score (nSPS) is 15.3. The van der Waals surface area contributed by atoms with Crippen LogP contribution in [0.5, 0.6) is 0 Å². The quantitative estimate of drug-likeness (QED) is 0.274. The Morgan fingerprint density at radius 1 is 1.11 bits per heavy atom. The number of anilines is 1. The lowest BCUT2D eigenvalue weighted by Crippen LogP contribution is -2.44. The SMILES string of the molecule is OP(O)OC1(CNc2nc(-c3cc(-c4ccon4)n(Cc4ccccc4F)n3)ncc2F)CCOCC1. The number of ether oxygens (including phenoxy) is 1. The Morgan fingerprint density at radius 3 is 2.65 bits per heavy atom. The Morgan fingerprint density at radius 2 is 1.92 bits per heavy atom. The summed E-state index contributed by atoms with van der Waals surface area (Å²) in [4.78, 5) is 27.2. The average molecular weight is 532 g/mol. The van der Waals surface area contributed by atoms with E-state index < -0.39 is 20.0 Å². The van der Waals surface area contributed by atoms with Crippen LogP contribution in [0.1, 0.15) is 18.4 Å². The molecule has 1 aliphatic heterocycles. The van der Waals surface area contributed by atoms with Gasteiger partial charge in [0.25, 0.3) is 0 Å². The van der Waals surface area contributed by atoms with Crippen LogP contribution in [-0.4, -0.2) is 60.1 Å². The molecule has 0 unspecified atom stereocenters. The van der Waals surface area contributed by atoms with E-state index in [1.807, 2.05) is 0 Å². The van der Waals surface area contributed by atoms with E-state index in [9.17, 15) is 18.6 Å². The number of nitrogens with one attached hydrogen (secondary N) is 1. The molecule has 1 fully saturated rings. The van der Waals surface area contributed by atoms with Crippen LogP contribution in [0.15, 0.2) is 53.4 Å². The van der Waals surface area contributed by atoms with Gasteiger partial charge in [0, 0.05) is 44.2 Å². The molecule has 0 atom stereocenters. The molecular formula is C23H23F2N6O5P. The fourth-order valence-corrected chi connectivity index (χ4v) is 4.66. The summed E-state index contributed by atoms with van der Waals surface area (Å²) >= 11 is 0. The molecule has 0 aliphatic carbocycles. The van der Waals surface area contributed by atoms with E-state index in [1.165, 1.54) is 12.3 Å². The summed E-state index contributed by atoms with van der Waals surface area (Å²) in [5, 5.41) is 11.4. The largest absolute Gasteiger partial charge is 0.381 e. The van der Waals surface area contributed by atoms with Gasteiger partial charge in [0.05, 0.1) is 24.0 Å². The van der Waals surface area contributed by atoms with Gasteiger partial charge in [0.1, 0.15) is 23.5 Å². The van der Waals surface area contributed by atoms with Crippen molar-refractivity contribution in [2.45, 2.75) is 25.0 Å². The van der Waals surface area contributed by atoms with Crippen molar-refractivity contribution >= 4 is 14.4 Å². The summed E-state index contributed by atoms with van der Waals surface area (Å²) in [5.74, 6) is -1.07.